The van der Waals surface area contributed by atoms with Gasteiger partial charge in [-0.25, -0.2) is 4.39 Å². The van der Waals surface area contributed by atoms with Gasteiger partial charge in [-0.05, 0) is 44.5 Å². The minimum atomic E-state index is -0.822. The molecule has 2 atom stereocenters. The Balaban J connectivity index is 1.97. The Morgan fingerprint density at radius 3 is 2.90 bits per heavy atom. The van der Waals surface area contributed by atoms with E-state index in [1.807, 2.05) is 4.90 Å². The summed E-state index contributed by atoms with van der Waals surface area (Å²) < 4.78 is 13.1. The van der Waals surface area contributed by atoms with E-state index in [4.69, 9.17) is 5.11 Å². The second-order valence-corrected chi connectivity index (χ2v) is 5.35. The van der Waals surface area contributed by atoms with E-state index >= 15 is 0 Å². The molecule has 5 nitrogen and oxygen atoms in total. The van der Waals surface area contributed by atoms with Crippen LogP contribution in [0.3, 0.4) is 0 Å². The number of halogens is 1. The highest BCUT2D eigenvalue weighted by atomic mass is 19.1. The monoisotopic (exact) mass is 294 g/mol. The van der Waals surface area contributed by atoms with Gasteiger partial charge >= 0.3 is 5.97 Å². The molecule has 0 saturated carbocycles. The fourth-order valence-corrected chi connectivity index (χ4v) is 2.54. The third kappa shape index (κ3) is 4.01. The summed E-state index contributed by atoms with van der Waals surface area (Å²) >= 11 is 0. The molecule has 2 unspecified atom stereocenters. The van der Waals surface area contributed by atoms with E-state index in [2.05, 4.69) is 5.32 Å². The van der Waals surface area contributed by atoms with Crippen LogP contribution in [-0.4, -0.2) is 41.0 Å². The average Bonchev–Trinajstić information content (AvgIpc) is 2.46. The Bertz CT molecular complexity index is 535. The summed E-state index contributed by atoms with van der Waals surface area (Å²) in [7, 11) is 0. The van der Waals surface area contributed by atoms with Gasteiger partial charge < -0.3 is 10.4 Å². The van der Waals surface area contributed by atoms with Crippen LogP contribution in [0.25, 0.3) is 0 Å². The molecule has 0 aliphatic carbocycles. The zero-order chi connectivity index (χ0) is 15.4. The molecule has 6 heteroatoms. The summed E-state index contributed by atoms with van der Waals surface area (Å²) in [6.07, 6.45) is 1.40. The maximum Gasteiger partial charge on any atom is 0.307 e. The molecule has 0 spiro atoms. The van der Waals surface area contributed by atoms with Gasteiger partial charge in [0.25, 0.3) is 0 Å². The van der Waals surface area contributed by atoms with E-state index in [9.17, 15) is 14.0 Å². The number of nitrogens with zero attached hydrogens (tertiary/aromatic N) is 1. The first kappa shape index (κ1) is 15.4. The van der Waals surface area contributed by atoms with Crippen molar-refractivity contribution in [3.8, 4) is 0 Å². The van der Waals surface area contributed by atoms with E-state index in [0.29, 0.717) is 25.2 Å². The Morgan fingerprint density at radius 1 is 1.48 bits per heavy atom. The van der Waals surface area contributed by atoms with Crippen LogP contribution in [0.15, 0.2) is 24.3 Å². The van der Waals surface area contributed by atoms with Crippen LogP contribution in [0.1, 0.15) is 19.8 Å². The Hall–Kier alpha value is -1.95. The topological polar surface area (TPSA) is 69.6 Å². The molecule has 1 aromatic rings. The molecule has 21 heavy (non-hydrogen) atoms. The highest BCUT2D eigenvalue weighted by molar-refractivity contribution is 5.94. The lowest BCUT2D eigenvalue weighted by Crippen LogP contribution is -2.48. The van der Waals surface area contributed by atoms with E-state index in [-0.39, 0.29) is 5.91 Å². The highest BCUT2D eigenvalue weighted by Gasteiger charge is 2.30. The number of likely N-dealkylation sites (tertiary alicyclic amines) is 1. The number of hydrogen-bond donors (Lipinski definition) is 2. The fraction of sp³-hybridized carbons (Fsp3) is 0.467. The summed E-state index contributed by atoms with van der Waals surface area (Å²) in [5.74, 6) is -1.92. The van der Waals surface area contributed by atoms with Crippen molar-refractivity contribution in [1.29, 1.82) is 0 Å². The first-order valence-electron chi connectivity index (χ1n) is 7.00. The van der Waals surface area contributed by atoms with Gasteiger partial charge in [0.15, 0.2) is 0 Å². The van der Waals surface area contributed by atoms with Crippen molar-refractivity contribution in [2.45, 2.75) is 25.8 Å². The van der Waals surface area contributed by atoms with E-state index in [1.54, 1.807) is 13.0 Å². The van der Waals surface area contributed by atoms with Gasteiger partial charge in [0.1, 0.15) is 5.82 Å². The lowest BCUT2D eigenvalue weighted by molar-refractivity contribution is -0.144. The number of piperidine rings is 1. The molecule has 1 aromatic carbocycles. The molecule has 1 saturated heterocycles. The number of aliphatic carboxylic acids is 1. The molecule has 1 amide bonds. The molecular formula is C15H19FN2O3. The van der Waals surface area contributed by atoms with Crippen molar-refractivity contribution in [2.24, 2.45) is 5.92 Å². The zero-order valence-corrected chi connectivity index (χ0v) is 11.9. The molecule has 1 aliphatic heterocycles. The van der Waals surface area contributed by atoms with Crippen molar-refractivity contribution in [3.63, 3.8) is 0 Å². The Morgan fingerprint density at radius 2 is 2.24 bits per heavy atom. The first-order chi connectivity index (χ1) is 9.97. The molecule has 0 radical (unpaired) electrons. The predicted octanol–water partition coefficient (Wildman–Crippen LogP) is 1.95. The van der Waals surface area contributed by atoms with Crippen LogP contribution in [0, 0.1) is 11.7 Å². The minimum absolute atomic E-state index is 0.258. The maximum absolute atomic E-state index is 13.1. The molecular weight excluding hydrogens is 275 g/mol. The standard InChI is InChI=1S/C15H19FN2O3/c1-10(18-7-3-4-11(9-18)15(20)21)14(19)17-13-6-2-5-12(16)8-13/h2,5-6,8,10-11H,3-4,7,9H2,1H3,(H,17,19)(H,20,21). The quantitative estimate of drug-likeness (QED) is 0.890. The number of carboxylic acids is 1. The van der Waals surface area contributed by atoms with Gasteiger partial charge in [-0.2, -0.15) is 0 Å². The number of carbonyl (C=O) groups is 2. The summed E-state index contributed by atoms with van der Waals surface area (Å²) in [5, 5.41) is 11.7. The van der Waals surface area contributed by atoms with Crippen molar-refractivity contribution in [2.75, 3.05) is 18.4 Å². The Labute approximate surface area is 122 Å². The zero-order valence-electron chi connectivity index (χ0n) is 11.9. The minimum Gasteiger partial charge on any atom is -0.481 e. The normalized spacial score (nSPS) is 20.8. The third-order valence-corrected chi connectivity index (χ3v) is 3.82. The largest absolute Gasteiger partial charge is 0.481 e. The molecule has 2 rings (SSSR count). The van der Waals surface area contributed by atoms with Crippen molar-refractivity contribution < 1.29 is 19.1 Å². The summed E-state index contributed by atoms with van der Waals surface area (Å²) in [4.78, 5) is 25.1. The van der Waals surface area contributed by atoms with Crippen LogP contribution >= 0.6 is 0 Å². The summed E-state index contributed by atoms with van der Waals surface area (Å²) in [6.45, 7) is 2.80. The number of amides is 1. The number of nitrogens with one attached hydrogen (secondary N) is 1. The molecule has 2 N–H and O–H groups in total. The average molecular weight is 294 g/mol. The van der Waals surface area contributed by atoms with E-state index < -0.39 is 23.7 Å². The number of carbonyl (C=O) groups excluding carboxylic acids is 1. The van der Waals surface area contributed by atoms with Gasteiger partial charge in [0.05, 0.1) is 12.0 Å². The van der Waals surface area contributed by atoms with Crippen molar-refractivity contribution >= 4 is 17.6 Å². The van der Waals surface area contributed by atoms with Crippen molar-refractivity contribution in [1.82, 2.24) is 4.90 Å². The van der Waals surface area contributed by atoms with Crippen LogP contribution in [-0.2, 0) is 9.59 Å². The second-order valence-electron chi connectivity index (χ2n) is 5.35. The predicted molar refractivity (Wildman–Crippen MR) is 76.4 cm³/mol. The maximum atomic E-state index is 13.1. The molecule has 1 heterocycles. The SMILES string of the molecule is CC(C(=O)Nc1cccc(F)c1)N1CCCC(C(=O)O)C1. The van der Waals surface area contributed by atoms with Gasteiger partial charge in [-0.1, -0.05) is 6.07 Å². The van der Waals surface area contributed by atoms with Crippen LogP contribution < -0.4 is 5.32 Å². The van der Waals surface area contributed by atoms with Crippen LogP contribution in [0.4, 0.5) is 10.1 Å². The van der Waals surface area contributed by atoms with Crippen molar-refractivity contribution in [3.05, 3.63) is 30.1 Å². The van der Waals surface area contributed by atoms with Gasteiger partial charge in [0.2, 0.25) is 5.91 Å². The number of benzene rings is 1. The van der Waals surface area contributed by atoms with Gasteiger partial charge in [-0.3, -0.25) is 14.5 Å². The highest BCUT2D eigenvalue weighted by Crippen LogP contribution is 2.19. The fourth-order valence-electron chi connectivity index (χ4n) is 2.54. The number of anilines is 1. The third-order valence-electron chi connectivity index (χ3n) is 3.82. The number of rotatable bonds is 4. The summed E-state index contributed by atoms with van der Waals surface area (Å²) in [5.41, 5.74) is 0.402. The second kappa shape index (κ2) is 6.67. The lowest BCUT2D eigenvalue weighted by atomic mass is 9.97. The first-order valence-corrected chi connectivity index (χ1v) is 7.00. The smallest absolute Gasteiger partial charge is 0.307 e. The van der Waals surface area contributed by atoms with Crippen LogP contribution in [0.2, 0.25) is 0 Å². The lowest BCUT2D eigenvalue weighted by Gasteiger charge is -2.34. The molecule has 0 aromatic heterocycles. The number of carboxylic acid groups (broad SMARTS) is 1. The molecule has 1 fully saturated rings. The molecule has 114 valence electrons. The van der Waals surface area contributed by atoms with Gasteiger partial charge in [-0.15, -0.1) is 0 Å². The van der Waals surface area contributed by atoms with Crippen LogP contribution in [0.5, 0.6) is 0 Å². The molecule has 0 bridgehead atoms. The number of hydrogen-bond acceptors (Lipinski definition) is 3. The molecule has 1 aliphatic rings. The summed E-state index contributed by atoms with van der Waals surface area (Å²) in [6, 6.07) is 5.25. The van der Waals surface area contributed by atoms with E-state index in [0.717, 1.165) is 6.42 Å². The van der Waals surface area contributed by atoms with E-state index in [1.165, 1.54) is 18.2 Å². The Kier molecular flexibility index (Phi) is 4.90. The van der Waals surface area contributed by atoms with Gasteiger partial charge in [0, 0.05) is 12.2 Å².